The summed E-state index contributed by atoms with van der Waals surface area (Å²) in [5.74, 6) is 0.582. The molecule has 0 radical (unpaired) electrons. The second kappa shape index (κ2) is 9.78. The van der Waals surface area contributed by atoms with Gasteiger partial charge in [0.15, 0.2) is 6.10 Å². The summed E-state index contributed by atoms with van der Waals surface area (Å²) in [4.78, 5) is 24.4. The number of rotatable bonds is 8. The number of benzene rings is 2. The lowest BCUT2D eigenvalue weighted by Crippen LogP contribution is -2.48. The van der Waals surface area contributed by atoms with E-state index < -0.39 is 12.0 Å². The molecule has 0 aliphatic carbocycles. The average molecular weight is 384 g/mol. The van der Waals surface area contributed by atoms with Gasteiger partial charge in [0, 0.05) is 6.42 Å². The first-order valence-electron chi connectivity index (χ1n) is 9.35. The van der Waals surface area contributed by atoms with Crippen LogP contribution in [0.4, 0.5) is 0 Å². The number of ether oxygens (including phenoxy) is 2. The molecule has 2 rings (SSSR count). The minimum atomic E-state index is -0.764. The number of nitrogens with one attached hydrogen (secondary N) is 2. The number of hydrogen-bond acceptors (Lipinski definition) is 4. The van der Waals surface area contributed by atoms with Crippen LogP contribution in [0, 0.1) is 0 Å². The Hall–Kier alpha value is -3.02. The molecule has 0 saturated heterocycles. The van der Waals surface area contributed by atoms with Crippen molar-refractivity contribution in [3.05, 3.63) is 60.2 Å². The van der Waals surface area contributed by atoms with Crippen molar-refractivity contribution in [1.29, 1.82) is 0 Å². The van der Waals surface area contributed by atoms with Crippen LogP contribution < -0.4 is 20.3 Å². The molecule has 0 aliphatic rings. The van der Waals surface area contributed by atoms with Crippen molar-refractivity contribution in [2.75, 3.05) is 6.61 Å². The molecule has 0 bridgehead atoms. The fraction of sp³-hybridized carbons (Fsp3) is 0.364. The van der Waals surface area contributed by atoms with Gasteiger partial charge in [0.1, 0.15) is 11.5 Å². The maximum atomic E-state index is 12.2. The molecule has 2 aromatic carbocycles. The van der Waals surface area contributed by atoms with E-state index in [2.05, 4.69) is 10.9 Å². The Morgan fingerprint density at radius 3 is 2.18 bits per heavy atom. The van der Waals surface area contributed by atoms with Crippen LogP contribution >= 0.6 is 0 Å². The molecule has 1 atom stereocenters. The van der Waals surface area contributed by atoms with Crippen molar-refractivity contribution in [2.24, 2.45) is 0 Å². The summed E-state index contributed by atoms with van der Waals surface area (Å²) >= 11 is 0. The van der Waals surface area contributed by atoms with E-state index in [0.717, 1.165) is 11.3 Å². The molecule has 0 aliphatic heterocycles. The van der Waals surface area contributed by atoms with E-state index >= 15 is 0 Å². The van der Waals surface area contributed by atoms with Crippen molar-refractivity contribution in [2.45, 2.75) is 45.6 Å². The Morgan fingerprint density at radius 1 is 0.964 bits per heavy atom. The highest BCUT2D eigenvalue weighted by Crippen LogP contribution is 2.26. The van der Waals surface area contributed by atoms with Gasteiger partial charge in [-0.2, -0.15) is 0 Å². The van der Waals surface area contributed by atoms with Gasteiger partial charge in [0.2, 0.25) is 5.91 Å². The highest BCUT2D eigenvalue weighted by molar-refractivity contribution is 5.85. The van der Waals surface area contributed by atoms with Gasteiger partial charge in [-0.25, -0.2) is 0 Å². The zero-order valence-electron chi connectivity index (χ0n) is 16.8. The van der Waals surface area contributed by atoms with Gasteiger partial charge in [0.25, 0.3) is 5.91 Å². The number of hydrogen-bond donors (Lipinski definition) is 2. The molecule has 0 spiro atoms. The highest BCUT2D eigenvalue weighted by atomic mass is 16.5. The van der Waals surface area contributed by atoms with Crippen LogP contribution in [0.2, 0.25) is 0 Å². The number of carbonyl (C=O) groups is 2. The molecular weight excluding hydrogens is 356 g/mol. The molecule has 2 aromatic rings. The maximum absolute atomic E-state index is 12.2. The molecule has 28 heavy (non-hydrogen) atoms. The average Bonchev–Trinajstić information content (AvgIpc) is 2.68. The predicted octanol–water partition coefficient (Wildman–Crippen LogP) is 3.37. The largest absolute Gasteiger partial charge is 0.494 e. The fourth-order valence-corrected chi connectivity index (χ4v) is 2.71. The minimum absolute atomic E-state index is 0.241. The molecule has 0 saturated carbocycles. The maximum Gasteiger partial charge on any atom is 0.279 e. The molecular formula is C22H28N2O4. The predicted molar refractivity (Wildman–Crippen MR) is 108 cm³/mol. The summed E-state index contributed by atoms with van der Waals surface area (Å²) in [6.07, 6.45) is -0.522. The van der Waals surface area contributed by atoms with Crippen LogP contribution in [0.15, 0.2) is 54.6 Å². The van der Waals surface area contributed by atoms with E-state index in [9.17, 15) is 9.59 Å². The van der Waals surface area contributed by atoms with Crippen LogP contribution in [0.1, 0.15) is 39.7 Å². The Kier molecular flexibility index (Phi) is 7.44. The van der Waals surface area contributed by atoms with Gasteiger partial charge >= 0.3 is 0 Å². The van der Waals surface area contributed by atoms with Crippen LogP contribution in [-0.4, -0.2) is 24.5 Å². The van der Waals surface area contributed by atoms with Gasteiger partial charge in [-0.3, -0.25) is 20.4 Å². The van der Waals surface area contributed by atoms with Crippen molar-refractivity contribution in [1.82, 2.24) is 10.9 Å². The first kappa shape index (κ1) is 21.3. The van der Waals surface area contributed by atoms with Crippen molar-refractivity contribution >= 4 is 11.8 Å². The Labute approximate surface area is 166 Å². The van der Waals surface area contributed by atoms with E-state index in [4.69, 9.17) is 9.47 Å². The number of carbonyl (C=O) groups excluding carboxylic acids is 2. The molecule has 1 unspecified atom stereocenters. The van der Waals surface area contributed by atoms with E-state index in [1.54, 1.807) is 31.2 Å². The lowest BCUT2D eigenvalue weighted by atomic mass is 9.81. The van der Waals surface area contributed by atoms with E-state index in [-0.39, 0.29) is 17.7 Å². The summed E-state index contributed by atoms with van der Waals surface area (Å²) in [6, 6.07) is 16.8. The molecule has 0 heterocycles. The zero-order valence-corrected chi connectivity index (χ0v) is 16.8. The third kappa shape index (κ3) is 6.30. The topological polar surface area (TPSA) is 76.7 Å². The minimum Gasteiger partial charge on any atom is -0.494 e. The summed E-state index contributed by atoms with van der Waals surface area (Å²) in [7, 11) is 0. The summed E-state index contributed by atoms with van der Waals surface area (Å²) in [6.45, 7) is 8.08. The van der Waals surface area contributed by atoms with Gasteiger partial charge in [-0.1, -0.05) is 44.2 Å². The van der Waals surface area contributed by atoms with Crippen molar-refractivity contribution in [3.8, 4) is 11.5 Å². The first-order chi connectivity index (χ1) is 13.3. The van der Waals surface area contributed by atoms with Crippen LogP contribution in [0.25, 0.3) is 0 Å². The third-order valence-electron chi connectivity index (χ3n) is 4.30. The fourth-order valence-electron chi connectivity index (χ4n) is 2.71. The number of amides is 2. The standard InChI is InChI=1S/C22H28N2O4/c1-5-27-18-11-13-19(14-12-18)28-16(2)21(26)24-23-20(25)15-22(3,4)17-9-7-6-8-10-17/h6-14,16H,5,15H2,1-4H3,(H,23,25)(H,24,26). The zero-order chi connectivity index (χ0) is 20.6. The van der Waals surface area contributed by atoms with Crippen LogP contribution in [-0.2, 0) is 15.0 Å². The molecule has 6 nitrogen and oxygen atoms in total. The normalized spacial score (nSPS) is 12.0. The third-order valence-corrected chi connectivity index (χ3v) is 4.30. The molecule has 0 fully saturated rings. The number of hydrazine groups is 1. The quantitative estimate of drug-likeness (QED) is 0.684. The Morgan fingerprint density at radius 2 is 1.57 bits per heavy atom. The smallest absolute Gasteiger partial charge is 0.279 e. The molecule has 2 amide bonds. The molecule has 6 heteroatoms. The lowest BCUT2D eigenvalue weighted by Gasteiger charge is -2.24. The summed E-state index contributed by atoms with van der Waals surface area (Å²) in [5, 5.41) is 0. The SMILES string of the molecule is CCOc1ccc(OC(C)C(=O)NNC(=O)CC(C)(C)c2ccccc2)cc1. The van der Waals surface area contributed by atoms with E-state index in [0.29, 0.717) is 12.4 Å². The summed E-state index contributed by atoms with van der Waals surface area (Å²) < 4.78 is 11.0. The first-order valence-corrected chi connectivity index (χ1v) is 9.35. The van der Waals surface area contributed by atoms with Crippen LogP contribution in [0.3, 0.4) is 0 Å². The van der Waals surface area contributed by atoms with E-state index in [1.807, 2.05) is 51.1 Å². The monoisotopic (exact) mass is 384 g/mol. The second-order valence-electron chi connectivity index (χ2n) is 7.13. The second-order valence-corrected chi connectivity index (χ2v) is 7.13. The van der Waals surface area contributed by atoms with Gasteiger partial charge < -0.3 is 9.47 Å². The van der Waals surface area contributed by atoms with Crippen molar-refractivity contribution in [3.63, 3.8) is 0 Å². The highest BCUT2D eigenvalue weighted by Gasteiger charge is 2.24. The van der Waals surface area contributed by atoms with Crippen molar-refractivity contribution < 1.29 is 19.1 Å². The Bertz CT molecular complexity index is 773. The Balaban J connectivity index is 1.81. The molecule has 0 aromatic heterocycles. The lowest BCUT2D eigenvalue weighted by molar-refractivity contribution is -0.133. The van der Waals surface area contributed by atoms with Gasteiger partial charge in [-0.05, 0) is 49.1 Å². The van der Waals surface area contributed by atoms with Gasteiger partial charge in [0.05, 0.1) is 6.61 Å². The molecule has 2 N–H and O–H groups in total. The van der Waals surface area contributed by atoms with E-state index in [1.165, 1.54) is 0 Å². The van der Waals surface area contributed by atoms with Gasteiger partial charge in [-0.15, -0.1) is 0 Å². The summed E-state index contributed by atoms with van der Waals surface area (Å²) in [5.41, 5.74) is 5.59. The molecule has 150 valence electrons. The van der Waals surface area contributed by atoms with Crippen LogP contribution in [0.5, 0.6) is 11.5 Å².